The summed E-state index contributed by atoms with van der Waals surface area (Å²) in [6.07, 6.45) is 2.09. The summed E-state index contributed by atoms with van der Waals surface area (Å²) in [7, 11) is 0. The summed E-state index contributed by atoms with van der Waals surface area (Å²) < 4.78 is 14.3. The van der Waals surface area contributed by atoms with Gasteiger partial charge in [0.2, 0.25) is 0 Å². The number of nitrogens with zero attached hydrogens (tertiary/aromatic N) is 1. The molecule has 0 bridgehead atoms. The van der Waals surface area contributed by atoms with Gasteiger partial charge < -0.3 is 16.0 Å². The van der Waals surface area contributed by atoms with Gasteiger partial charge in [-0.05, 0) is 43.2 Å². The number of amides is 2. The van der Waals surface area contributed by atoms with Gasteiger partial charge >= 0.3 is 0 Å². The highest BCUT2D eigenvalue weighted by molar-refractivity contribution is 6.08. The van der Waals surface area contributed by atoms with E-state index in [4.69, 9.17) is 5.73 Å². The van der Waals surface area contributed by atoms with Crippen LogP contribution in [0.25, 0.3) is 0 Å². The molecule has 0 unspecified atom stereocenters. The zero-order valence-corrected chi connectivity index (χ0v) is 13.1. The fourth-order valence-electron chi connectivity index (χ4n) is 2.86. The third kappa shape index (κ3) is 3.22. The van der Waals surface area contributed by atoms with Crippen LogP contribution in [0.4, 0.5) is 15.8 Å². The molecule has 0 spiro atoms. The first kappa shape index (κ1) is 16.0. The van der Waals surface area contributed by atoms with Crippen molar-refractivity contribution in [3.63, 3.8) is 0 Å². The molecule has 0 atom stereocenters. The third-order valence-corrected chi connectivity index (χ3v) is 4.10. The van der Waals surface area contributed by atoms with Gasteiger partial charge in [0.05, 0.1) is 16.9 Å². The van der Waals surface area contributed by atoms with Gasteiger partial charge in [0.25, 0.3) is 11.8 Å². The number of anilines is 2. The molecule has 0 radical (unpaired) electrons. The Morgan fingerprint density at radius 2 is 1.79 bits per heavy atom. The zero-order chi connectivity index (χ0) is 17.1. The number of carbonyl (C=O) groups excluding carboxylic acids is 2. The number of nitrogens with one attached hydrogen (secondary N) is 1. The second kappa shape index (κ2) is 6.70. The Bertz CT molecular complexity index is 786. The van der Waals surface area contributed by atoms with Gasteiger partial charge in [-0.25, -0.2) is 4.39 Å². The number of hydrogen-bond donors (Lipinski definition) is 2. The number of primary amides is 1. The van der Waals surface area contributed by atoms with E-state index in [2.05, 4.69) is 5.32 Å². The lowest BCUT2D eigenvalue weighted by atomic mass is 10.1. The van der Waals surface area contributed by atoms with Crippen LogP contribution in [0.1, 0.15) is 33.6 Å². The molecule has 3 rings (SSSR count). The summed E-state index contributed by atoms with van der Waals surface area (Å²) in [6.45, 7) is 1.66. The van der Waals surface area contributed by atoms with Crippen LogP contribution in [0.2, 0.25) is 0 Å². The van der Waals surface area contributed by atoms with E-state index in [-0.39, 0.29) is 11.1 Å². The van der Waals surface area contributed by atoms with Crippen molar-refractivity contribution in [1.82, 2.24) is 0 Å². The number of halogens is 1. The standard InChI is InChI=1S/C18H18FN3O2/c19-14-11-12(7-8-16(14)22-9-3-4-10-22)18(24)21-15-6-2-1-5-13(15)17(20)23/h1-2,5-8,11H,3-4,9-10H2,(H2,20,23)(H,21,24). The van der Waals surface area contributed by atoms with E-state index >= 15 is 0 Å². The molecule has 2 aromatic rings. The molecule has 0 aliphatic carbocycles. The fourth-order valence-corrected chi connectivity index (χ4v) is 2.86. The summed E-state index contributed by atoms with van der Waals surface area (Å²) in [4.78, 5) is 25.7. The molecule has 1 fully saturated rings. The molecule has 5 nitrogen and oxygen atoms in total. The van der Waals surface area contributed by atoms with Crippen LogP contribution in [0, 0.1) is 5.82 Å². The molecule has 1 aliphatic heterocycles. The van der Waals surface area contributed by atoms with Crippen LogP contribution in [0.3, 0.4) is 0 Å². The lowest BCUT2D eigenvalue weighted by Gasteiger charge is -2.18. The van der Waals surface area contributed by atoms with Gasteiger partial charge in [0.15, 0.2) is 0 Å². The Balaban J connectivity index is 1.81. The topological polar surface area (TPSA) is 75.4 Å². The van der Waals surface area contributed by atoms with E-state index in [1.54, 1.807) is 30.3 Å². The van der Waals surface area contributed by atoms with E-state index in [9.17, 15) is 14.0 Å². The van der Waals surface area contributed by atoms with Crippen molar-refractivity contribution < 1.29 is 14.0 Å². The van der Waals surface area contributed by atoms with E-state index in [0.29, 0.717) is 11.4 Å². The quantitative estimate of drug-likeness (QED) is 0.906. The molecule has 1 heterocycles. The van der Waals surface area contributed by atoms with Crippen LogP contribution in [0.5, 0.6) is 0 Å². The molecule has 0 saturated carbocycles. The summed E-state index contributed by atoms with van der Waals surface area (Å²) in [5.74, 6) is -1.55. The second-order valence-electron chi connectivity index (χ2n) is 5.72. The monoisotopic (exact) mass is 327 g/mol. The number of carbonyl (C=O) groups is 2. The highest BCUT2D eigenvalue weighted by atomic mass is 19.1. The second-order valence-corrected chi connectivity index (χ2v) is 5.72. The maximum Gasteiger partial charge on any atom is 0.255 e. The Hall–Kier alpha value is -2.89. The fraction of sp³-hybridized carbons (Fsp3) is 0.222. The van der Waals surface area contributed by atoms with Crippen molar-refractivity contribution in [3.05, 3.63) is 59.4 Å². The Morgan fingerprint density at radius 3 is 2.46 bits per heavy atom. The number of hydrogen-bond acceptors (Lipinski definition) is 3. The van der Waals surface area contributed by atoms with Crippen LogP contribution in [-0.4, -0.2) is 24.9 Å². The largest absolute Gasteiger partial charge is 0.369 e. The van der Waals surface area contributed by atoms with Crippen molar-refractivity contribution in [2.45, 2.75) is 12.8 Å². The zero-order valence-electron chi connectivity index (χ0n) is 13.1. The Labute approximate surface area is 139 Å². The number of nitrogens with two attached hydrogens (primary N) is 1. The lowest BCUT2D eigenvalue weighted by molar-refractivity contribution is 0.100. The van der Waals surface area contributed by atoms with Crippen LogP contribution < -0.4 is 16.0 Å². The molecule has 3 N–H and O–H groups in total. The number of benzene rings is 2. The summed E-state index contributed by atoms with van der Waals surface area (Å²) in [6, 6.07) is 10.9. The highest BCUT2D eigenvalue weighted by Gasteiger charge is 2.18. The van der Waals surface area contributed by atoms with E-state index in [1.807, 2.05) is 4.90 Å². The van der Waals surface area contributed by atoms with Crippen molar-refractivity contribution in [2.75, 3.05) is 23.3 Å². The molecule has 6 heteroatoms. The average molecular weight is 327 g/mol. The van der Waals surface area contributed by atoms with Gasteiger partial charge in [-0.2, -0.15) is 0 Å². The number of rotatable bonds is 4. The van der Waals surface area contributed by atoms with Crippen molar-refractivity contribution in [3.8, 4) is 0 Å². The van der Waals surface area contributed by atoms with Gasteiger partial charge in [-0.15, -0.1) is 0 Å². The van der Waals surface area contributed by atoms with Gasteiger partial charge in [-0.3, -0.25) is 9.59 Å². The van der Waals surface area contributed by atoms with Crippen molar-refractivity contribution in [1.29, 1.82) is 0 Å². The molecule has 1 aliphatic rings. The maximum absolute atomic E-state index is 14.3. The molecular formula is C18H18FN3O2. The molecule has 24 heavy (non-hydrogen) atoms. The van der Waals surface area contributed by atoms with Crippen LogP contribution in [0.15, 0.2) is 42.5 Å². The minimum absolute atomic E-state index is 0.190. The summed E-state index contributed by atoms with van der Waals surface area (Å²) in [5, 5.41) is 2.60. The van der Waals surface area contributed by atoms with E-state index < -0.39 is 17.6 Å². The molecule has 2 aromatic carbocycles. The lowest BCUT2D eigenvalue weighted by Crippen LogP contribution is -2.20. The molecule has 0 aromatic heterocycles. The van der Waals surface area contributed by atoms with Crippen LogP contribution >= 0.6 is 0 Å². The minimum atomic E-state index is -0.638. The first-order valence-corrected chi connectivity index (χ1v) is 7.81. The van der Waals surface area contributed by atoms with Gasteiger partial charge in [0, 0.05) is 18.7 Å². The third-order valence-electron chi connectivity index (χ3n) is 4.10. The van der Waals surface area contributed by atoms with E-state index in [0.717, 1.165) is 25.9 Å². The molecule has 124 valence electrons. The maximum atomic E-state index is 14.3. The predicted octanol–water partition coefficient (Wildman–Crippen LogP) is 2.78. The average Bonchev–Trinajstić information content (AvgIpc) is 3.09. The molecular weight excluding hydrogens is 309 g/mol. The number of para-hydroxylation sites is 1. The SMILES string of the molecule is NC(=O)c1ccccc1NC(=O)c1ccc(N2CCCC2)c(F)c1. The first-order chi connectivity index (χ1) is 11.6. The predicted molar refractivity (Wildman–Crippen MR) is 90.8 cm³/mol. The Kier molecular flexibility index (Phi) is 4.46. The molecule has 1 saturated heterocycles. The molecule has 2 amide bonds. The van der Waals surface area contributed by atoms with Crippen molar-refractivity contribution >= 4 is 23.2 Å². The Morgan fingerprint density at radius 1 is 1.08 bits per heavy atom. The summed E-state index contributed by atoms with van der Waals surface area (Å²) in [5.41, 5.74) is 6.50. The minimum Gasteiger partial charge on any atom is -0.369 e. The van der Waals surface area contributed by atoms with Gasteiger partial charge in [-0.1, -0.05) is 12.1 Å². The van der Waals surface area contributed by atoms with E-state index in [1.165, 1.54) is 12.1 Å². The van der Waals surface area contributed by atoms with Crippen molar-refractivity contribution in [2.24, 2.45) is 5.73 Å². The van der Waals surface area contributed by atoms with Crippen LogP contribution in [-0.2, 0) is 0 Å². The summed E-state index contributed by atoms with van der Waals surface area (Å²) >= 11 is 0. The first-order valence-electron chi connectivity index (χ1n) is 7.81. The normalized spacial score (nSPS) is 13.8. The highest BCUT2D eigenvalue weighted by Crippen LogP contribution is 2.25. The van der Waals surface area contributed by atoms with Gasteiger partial charge in [0.1, 0.15) is 5.82 Å². The smallest absolute Gasteiger partial charge is 0.255 e.